The molecule has 1 fully saturated rings. The predicted molar refractivity (Wildman–Crippen MR) is 73.7 cm³/mol. The maximum Gasteiger partial charge on any atom is 0.174 e. The number of piperidine rings is 1. The zero-order valence-electron chi connectivity index (χ0n) is 11.3. The molecular weight excluding hydrogens is 244 g/mol. The van der Waals surface area contributed by atoms with Crippen LogP contribution in [0.5, 0.6) is 0 Å². The van der Waals surface area contributed by atoms with E-state index in [2.05, 4.69) is 15.0 Å². The molecular formula is C13H20N4O2. The summed E-state index contributed by atoms with van der Waals surface area (Å²) in [7, 11) is 1.74. The number of oxime groups is 1. The topological polar surface area (TPSA) is 84.0 Å². The standard InChI is InChI=1S/C13H20N4O2/c1-9-3-6-15-13(11(9)12(14)16-18)17-7-4-10(19-2)5-8-17/h3,6,10,18H,4-5,7-8H2,1-2H3,(H2,14,16). The molecule has 0 atom stereocenters. The first-order chi connectivity index (χ1) is 9.17. The predicted octanol–water partition coefficient (Wildman–Crippen LogP) is 1.10. The maximum absolute atomic E-state index is 8.91. The smallest absolute Gasteiger partial charge is 0.174 e. The summed E-state index contributed by atoms with van der Waals surface area (Å²) in [6.45, 7) is 3.65. The van der Waals surface area contributed by atoms with Gasteiger partial charge in [0.15, 0.2) is 5.84 Å². The number of hydrogen-bond acceptors (Lipinski definition) is 5. The van der Waals surface area contributed by atoms with E-state index in [9.17, 15) is 0 Å². The summed E-state index contributed by atoms with van der Waals surface area (Å²) in [5.74, 6) is 0.888. The van der Waals surface area contributed by atoms with Gasteiger partial charge >= 0.3 is 0 Å². The van der Waals surface area contributed by atoms with Gasteiger partial charge in [-0.15, -0.1) is 0 Å². The van der Waals surface area contributed by atoms with Crippen molar-refractivity contribution in [2.45, 2.75) is 25.9 Å². The first-order valence-corrected chi connectivity index (χ1v) is 6.38. The molecule has 0 aromatic carbocycles. The van der Waals surface area contributed by atoms with Crippen LogP contribution in [0.3, 0.4) is 0 Å². The van der Waals surface area contributed by atoms with Crippen molar-refractivity contribution in [2.24, 2.45) is 10.9 Å². The van der Waals surface area contributed by atoms with Gasteiger partial charge in [0.25, 0.3) is 0 Å². The third-order valence-corrected chi connectivity index (χ3v) is 3.58. The molecule has 0 aliphatic carbocycles. The highest BCUT2D eigenvalue weighted by Gasteiger charge is 2.23. The molecule has 0 bridgehead atoms. The zero-order valence-corrected chi connectivity index (χ0v) is 11.3. The number of methoxy groups -OCH3 is 1. The van der Waals surface area contributed by atoms with Gasteiger partial charge in [-0.1, -0.05) is 5.16 Å². The van der Waals surface area contributed by atoms with Crippen molar-refractivity contribution in [3.8, 4) is 0 Å². The average molecular weight is 264 g/mol. The Morgan fingerprint density at radius 3 is 2.79 bits per heavy atom. The van der Waals surface area contributed by atoms with Crippen molar-refractivity contribution in [3.63, 3.8) is 0 Å². The van der Waals surface area contributed by atoms with Gasteiger partial charge in [-0.05, 0) is 31.4 Å². The summed E-state index contributed by atoms with van der Waals surface area (Å²) in [6.07, 6.45) is 3.98. The third kappa shape index (κ3) is 2.78. The van der Waals surface area contributed by atoms with E-state index in [-0.39, 0.29) is 5.84 Å². The molecule has 1 saturated heterocycles. The van der Waals surface area contributed by atoms with Crippen molar-refractivity contribution in [1.29, 1.82) is 0 Å². The second-order valence-electron chi connectivity index (χ2n) is 4.73. The molecule has 1 aliphatic rings. The lowest BCUT2D eigenvalue weighted by atomic mass is 10.0. The number of amidine groups is 1. The van der Waals surface area contributed by atoms with Gasteiger partial charge in [-0.25, -0.2) is 4.98 Å². The van der Waals surface area contributed by atoms with E-state index in [0.29, 0.717) is 11.7 Å². The minimum absolute atomic E-state index is 0.106. The lowest BCUT2D eigenvalue weighted by molar-refractivity contribution is 0.0818. The van der Waals surface area contributed by atoms with Gasteiger partial charge < -0.3 is 20.6 Å². The number of nitrogens with two attached hydrogens (primary N) is 1. The van der Waals surface area contributed by atoms with Crippen LogP contribution in [0.2, 0.25) is 0 Å². The molecule has 2 rings (SSSR count). The van der Waals surface area contributed by atoms with Gasteiger partial charge in [-0.2, -0.15) is 0 Å². The van der Waals surface area contributed by atoms with E-state index in [1.807, 2.05) is 13.0 Å². The van der Waals surface area contributed by atoms with E-state index >= 15 is 0 Å². The normalized spacial score (nSPS) is 17.8. The summed E-state index contributed by atoms with van der Waals surface area (Å²) in [6, 6.07) is 1.86. The summed E-state index contributed by atoms with van der Waals surface area (Å²) >= 11 is 0. The molecule has 1 aromatic rings. The van der Waals surface area contributed by atoms with Crippen LogP contribution >= 0.6 is 0 Å². The van der Waals surface area contributed by atoms with Crippen molar-refractivity contribution in [1.82, 2.24) is 4.98 Å². The van der Waals surface area contributed by atoms with Crippen LogP contribution in [-0.4, -0.2) is 42.3 Å². The number of anilines is 1. The number of rotatable bonds is 3. The van der Waals surface area contributed by atoms with Crippen LogP contribution in [0.15, 0.2) is 17.4 Å². The van der Waals surface area contributed by atoms with E-state index in [1.165, 1.54) is 0 Å². The Hall–Kier alpha value is -1.82. The molecule has 19 heavy (non-hydrogen) atoms. The summed E-state index contributed by atoms with van der Waals surface area (Å²) in [5.41, 5.74) is 7.43. The molecule has 1 aromatic heterocycles. The quantitative estimate of drug-likeness (QED) is 0.369. The van der Waals surface area contributed by atoms with E-state index in [4.69, 9.17) is 15.7 Å². The summed E-state index contributed by atoms with van der Waals surface area (Å²) < 4.78 is 5.36. The molecule has 0 spiro atoms. The van der Waals surface area contributed by atoms with Crippen molar-refractivity contribution >= 4 is 11.7 Å². The Labute approximate surface area is 112 Å². The highest BCUT2D eigenvalue weighted by atomic mass is 16.5. The number of aromatic nitrogens is 1. The summed E-state index contributed by atoms with van der Waals surface area (Å²) in [4.78, 5) is 6.56. The molecule has 0 unspecified atom stereocenters. The lowest BCUT2D eigenvalue weighted by Crippen LogP contribution is -2.38. The largest absolute Gasteiger partial charge is 0.409 e. The fourth-order valence-electron chi connectivity index (χ4n) is 2.45. The average Bonchev–Trinajstić information content (AvgIpc) is 2.46. The van der Waals surface area contributed by atoms with E-state index in [1.54, 1.807) is 13.3 Å². The second-order valence-corrected chi connectivity index (χ2v) is 4.73. The van der Waals surface area contributed by atoms with Gasteiger partial charge in [0, 0.05) is 26.4 Å². The number of ether oxygens (including phenoxy) is 1. The van der Waals surface area contributed by atoms with Gasteiger partial charge in [0.1, 0.15) is 5.82 Å². The van der Waals surface area contributed by atoms with Crippen LogP contribution in [-0.2, 0) is 4.74 Å². The molecule has 0 saturated carbocycles. The third-order valence-electron chi connectivity index (χ3n) is 3.58. The SMILES string of the molecule is COC1CCN(c2nccc(C)c2/C(N)=N/O)CC1. The van der Waals surface area contributed by atoms with Crippen molar-refractivity contribution < 1.29 is 9.94 Å². The molecule has 104 valence electrons. The van der Waals surface area contributed by atoms with Crippen LogP contribution in [0.4, 0.5) is 5.82 Å². The Bertz CT molecular complexity index is 468. The van der Waals surface area contributed by atoms with Crippen LogP contribution < -0.4 is 10.6 Å². The molecule has 2 heterocycles. The number of pyridine rings is 1. The molecule has 6 heteroatoms. The Balaban J connectivity index is 2.28. The Morgan fingerprint density at radius 2 is 2.21 bits per heavy atom. The minimum atomic E-state index is 0.106. The fourth-order valence-corrected chi connectivity index (χ4v) is 2.45. The highest BCUT2D eigenvalue weighted by Crippen LogP contribution is 2.24. The Morgan fingerprint density at radius 1 is 1.53 bits per heavy atom. The van der Waals surface area contributed by atoms with E-state index < -0.39 is 0 Å². The van der Waals surface area contributed by atoms with Gasteiger partial charge in [0.2, 0.25) is 0 Å². The molecule has 0 amide bonds. The zero-order chi connectivity index (χ0) is 13.8. The van der Waals surface area contributed by atoms with Crippen molar-refractivity contribution in [2.75, 3.05) is 25.1 Å². The summed E-state index contributed by atoms with van der Waals surface area (Å²) in [5, 5.41) is 12.0. The first-order valence-electron chi connectivity index (χ1n) is 6.38. The second kappa shape index (κ2) is 5.88. The van der Waals surface area contributed by atoms with Crippen LogP contribution in [0.25, 0.3) is 0 Å². The molecule has 6 nitrogen and oxygen atoms in total. The Kier molecular flexibility index (Phi) is 4.21. The van der Waals surface area contributed by atoms with Crippen LogP contribution in [0.1, 0.15) is 24.0 Å². The lowest BCUT2D eigenvalue weighted by Gasteiger charge is -2.33. The molecule has 0 radical (unpaired) electrons. The first kappa shape index (κ1) is 13.6. The maximum atomic E-state index is 8.91. The van der Waals surface area contributed by atoms with Crippen molar-refractivity contribution in [3.05, 3.63) is 23.4 Å². The minimum Gasteiger partial charge on any atom is -0.409 e. The van der Waals surface area contributed by atoms with Gasteiger partial charge in [0.05, 0.1) is 11.7 Å². The highest BCUT2D eigenvalue weighted by molar-refractivity contribution is 6.02. The monoisotopic (exact) mass is 264 g/mol. The van der Waals surface area contributed by atoms with Gasteiger partial charge in [-0.3, -0.25) is 0 Å². The number of hydrogen-bond donors (Lipinski definition) is 2. The van der Waals surface area contributed by atoms with Crippen LogP contribution in [0, 0.1) is 6.92 Å². The number of nitrogens with zero attached hydrogens (tertiary/aromatic N) is 3. The van der Waals surface area contributed by atoms with E-state index in [0.717, 1.165) is 37.3 Å². The molecule has 3 N–H and O–H groups in total. The molecule has 1 aliphatic heterocycles. The fraction of sp³-hybridized carbons (Fsp3) is 0.538. The number of aryl methyl sites for hydroxylation is 1.